The van der Waals surface area contributed by atoms with Gasteiger partial charge >= 0.3 is 5.97 Å². The minimum atomic E-state index is -0.457. The number of esters is 1. The van der Waals surface area contributed by atoms with Gasteiger partial charge < -0.3 is 4.74 Å². The zero-order valence-electron chi connectivity index (χ0n) is 14.5. The first-order valence-corrected chi connectivity index (χ1v) is 8.20. The molecular weight excluding hydrogens is 330 g/mol. The Kier molecular flexibility index (Phi) is 3.80. The molecule has 0 spiro atoms. The number of hydrogen-bond donors (Lipinski definition) is 0. The summed E-state index contributed by atoms with van der Waals surface area (Å²) in [7, 11) is 3.16. The molecule has 0 aliphatic carbocycles. The van der Waals surface area contributed by atoms with Gasteiger partial charge in [-0.15, -0.1) is 0 Å². The first-order chi connectivity index (χ1) is 12.6. The Balaban J connectivity index is 1.75. The Hall–Kier alpha value is -3.41. The summed E-state index contributed by atoms with van der Waals surface area (Å²) in [6.45, 7) is 0.423. The van der Waals surface area contributed by atoms with E-state index in [9.17, 15) is 9.59 Å². The average Bonchev–Trinajstić information content (AvgIpc) is 3.21. The van der Waals surface area contributed by atoms with Crippen LogP contribution < -0.4 is 4.90 Å². The van der Waals surface area contributed by atoms with E-state index >= 15 is 0 Å². The van der Waals surface area contributed by atoms with Gasteiger partial charge in [-0.05, 0) is 23.3 Å². The van der Waals surface area contributed by atoms with Crippen molar-refractivity contribution >= 4 is 17.7 Å². The van der Waals surface area contributed by atoms with Crippen LogP contribution in [0.15, 0.2) is 54.7 Å². The number of aromatic nitrogens is 2. The molecule has 0 N–H and O–H groups in total. The largest absolute Gasteiger partial charge is 0.465 e. The molecule has 6 heteroatoms. The highest BCUT2D eigenvalue weighted by Gasteiger charge is 2.32. The highest BCUT2D eigenvalue weighted by Crippen LogP contribution is 2.35. The molecule has 0 fully saturated rings. The van der Waals surface area contributed by atoms with Gasteiger partial charge in [-0.3, -0.25) is 14.4 Å². The quantitative estimate of drug-likeness (QED) is 0.683. The van der Waals surface area contributed by atoms with Gasteiger partial charge in [0.2, 0.25) is 0 Å². The fourth-order valence-corrected chi connectivity index (χ4v) is 3.21. The summed E-state index contributed by atoms with van der Waals surface area (Å²) in [5.74, 6) is -0.0111. The lowest BCUT2D eigenvalue weighted by atomic mass is 10.1. The lowest BCUT2D eigenvalue weighted by Gasteiger charge is -2.14. The molecule has 26 heavy (non-hydrogen) atoms. The Morgan fingerprint density at radius 3 is 2.62 bits per heavy atom. The van der Waals surface area contributed by atoms with E-state index in [4.69, 9.17) is 4.74 Å². The molecule has 1 amide bonds. The highest BCUT2D eigenvalue weighted by molar-refractivity contribution is 6.12. The summed E-state index contributed by atoms with van der Waals surface area (Å²) in [5, 5.41) is 4.51. The minimum absolute atomic E-state index is 0.165. The van der Waals surface area contributed by atoms with Crippen LogP contribution in [0.3, 0.4) is 0 Å². The van der Waals surface area contributed by atoms with Gasteiger partial charge in [0.25, 0.3) is 5.91 Å². The molecule has 0 saturated carbocycles. The number of rotatable bonds is 3. The van der Waals surface area contributed by atoms with Gasteiger partial charge in [0, 0.05) is 24.4 Å². The van der Waals surface area contributed by atoms with Gasteiger partial charge in [0.15, 0.2) is 5.82 Å². The Labute approximate surface area is 150 Å². The van der Waals surface area contributed by atoms with E-state index in [1.54, 1.807) is 27.8 Å². The maximum absolute atomic E-state index is 13.0. The van der Waals surface area contributed by atoms with Crippen molar-refractivity contribution in [1.82, 2.24) is 9.78 Å². The summed E-state index contributed by atoms with van der Waals surface area (Å²) in [6, 6.07) is 14.9. The van der Waals surface area contributed by atoms with E-state index in [-0.39, 0.29) is 5.91 Å². The number of anilines is 1. The third-order valence-electron chi connectivity index (χ3n) is 4.48. The molecule has 2 heterocycles. The van der Waals surface area contributed by atoms with Crippen molar-refractivity contribution in [2.75, 3.05) is 12.0 Å². The molecule has 3 aromatic rings. The van der Waals surface area contributed by atoms with Gasteiger partial charge in [-0.25, -0.2) is 4.79 Å². The number of nitrogens with zero attached hydrogens (tertiary/aromatic N) is 3. The minimum Gasteiger partial charge on any atom is -0.465 e. The number of ether oxygens (including phenoxy) is 1. The second-order valence-electron chi connectivity index (χ2n) is 6.16. The van der Waals surface area contributed by atoms with Crippen molar-refractivity contribution < 1.29 is 14.3 Å². The van der Waals surface area contributed by atoms with Crippen LogP contribution in [-0.4, -0.2) is 28.8 Å². The molecule has 0 saturated heterocycles. The van der Waals surface area contributed by atoms with Crippen molar-refractivity contribution in [3.05, 3.63) is 71.4 Å². The van der Waals surface area contributed by atoms with E-state index in [2.05, 4.69) is 5.10 Å². The van der Waals surface area contributed by atoms with Crippen LogP contribution in [0.2, 0.25) is 0 Å². The number of benzene rings is 2. The molecule has 6 nitrogen and oxygen atoms in total. The topological polar surface area (TPSA) is 64.4 Å². The summed E-state index contributed by atoms with van der Waals surface area (Å²) >= 11 is 0. The second kappa shape index (κ2) is 6.15. The number of fused-ring (bicyclic) bond motifs is 1. The maximum Gasteiger partial charge on any atom is 0.337 e. The van der Waals surface area contributed by atoms with Crippen LogP contribution in [0.25, 0.3) is 11.1 Å². The number of methoxy groups -OCH3 is 1. The number of amides is 1. The molecular formula is C20H17N3O3. The van der Waals surface area contributed by atoms with E-state index < -0.39 is 5.97 Å². The fourth-order valence-electron chi connectivity index (χ4n) is 3.21. The molecule has 1 aromatic heterocycles. The lowest BCUT2D eigenvalue weighted by molar-refractivity contribution is 0.0600. The van der Waals surface area contributed by atoms with Gasteiger partial charge in [-0.2, -0.15) is 5.10 Å². The van der Waals surface area contributed by atoms with Crippen LogP contribution in [0.5, 0.6) is 0 Å². The van der Waals surface area contributed by atoms with E-state index in [0.29, 0.717) is 23.5 Å². The van der Waals surface area contributed by atoms with Crippen molar-refractivity contribution in [3.63, 3.8) is 0 Å². The van der Waals surface area contributed by atoms with Crippen LogP contribution >= 0.6 is 0 Å². The molecule has 1 aliphatic heterocycles. The number of carbonyl (C=O) groups excluding carboxylic acids is 2. The van der Waals surface area contributed by atoms with Gasteiger partial charge in [-0.1, -0.05) is 36.4 Å². The summed E-state index contributed by atoms with van der Waals surface area (Å²) in [4.78, 5) is 26.4. The van der Waals surface area contributed by atoms with Crippen LogP contribution in [0.4, 0.5) is 5.82 Å². The molecule has 1 aliphatic rings. The van der Waals surface area contributed by atoms with E-state index in [1.807, 2.05) is 43.6 Å². The molecule has 0 unspecified atom stereocenters. The van der Waals surface area contributed by atoms with Gasteiger partial charge in [0.05, 0.1) is 19.2 Å². The van der Waals surface area contributed by atoms with Crippen molar-refractivity contribution in [2.45, 2.75) is 6.54 Å². The molecule has 0 atom stereocenters. The third kappa shape index (κ3) is 2.56. The summed E-state index contributed by atoms with van der Waals surface area (Å²) in [6.07, 6.45) is 1.90. The highest BCUT2D eigenvalue weighted by atomic mass is 16.5. The van der Waals surface area contributed by atoms with Crippen molar-refractivity contribution in [1.29, 1.82) is 0 Å². The molecule has 0 radical (unpaired) electrons. The Morgan fingerprint density at radius 2 is 1.88 bits per heavy atom. The van der Waals surface area contributed by atoms with E-state index in [1.165, 1.54) is 7.11 Å². The van der Waals surface area contributed by atoms with Crippen molar-refractivity contribution in [2.24, 2.45) is 7.05 Å². The zero-order valence-corrected chi connectivity index (χ0v) is 14.5. The number of carbonyl (C=O) groups is 2. The molecule has 0 bridgehead atoms. The van der Waals surface area contributed by atoms with Crippen molar-refractivity contribution in [3.8, 4) is 11.1 Å². The third-order valence-corrected chi connectivity index (χ3v) is 4.48. The zero-order chi connectivity index (χ0) is 18.3. The SMILES string of the molecule is COC(=O)c1ccc2c(c1)C(=O)N(c1nn(C)cc1-c1ccccc1)C2. The van der Waals surface area contributed by atoms with Gasteiger partial charge in [0.1, 0.15) is 0 Å². The monoisotopic (exact) mass is 347 g/mol. The van der Waals surface area contributed by atoms with Crippen LogP contribution in [-0.2, 0) is 18.3 Å². The summed E-state index contributed by atoms with van der Waals surface area (Å²) in [5.41, 5.74) is 3.63. The number of aryl methyl sites for hydroxylation is 1. The smallest absolute Gasteiger partial charge is 0.337 e. The normalized spacial score (nSPS) is 13.0. The molecule has 4 rings (SSSR count). The lowest BCUT2D eigenvalue weighted by Crippen LogP contribution is -2.24. The van der Waals surface area contributed by atoms with Crippen LogP contribution in [0, 0.1) is 0 Å². The second-order valence-corrected chi connectivity index (χ2v) is 6.16. The maximum atomic E-state index is 13.0. The van der Waals surface area contributed by atoms with E-state index in [0.717, 1.165) is 16.7 Å². The standard InChI is InChI=1S/C20H17N3O3/c1-22-12-17(13-6-4-3-5-7-13)18(21-22)23-11-15-9-8-14(20(25)26-2)10-16(15)19(23)24/h3-10,12H,11H2,1-2H3. The Bertz CT molecular complexity index is 1010. The first kappa shape index (κ1) is 16.1. The predicted molar refractivity (Wildman–Crippen MR) is 96.9 cm³/mol. The summed E-state index contributed by atoms with van der Waals surface area (Å²) < 4.78 is 6.45. The Morgan fingerprint density at radius 1 is 1.12 bits per heavy atom. The molecule has 2 aromatic carbocycles. The first-order valence-electron chi connectivity index (χ1n) is 8.20. The molecule has 130 valence electrons. The average molecular weight is 347 g/mol. The fraction of sp³-hybridized carbons (Fsp3) is 0.150. The predicted octanol–water partition coefficient (Wildman–Crippen LogP) is 3.03. The number of hydrogen-bond acceptors (Lipinski definition) is 4. The van der Waals surface area contributed by atoms with Crippen LogP contribution in [0.1, 0.15) is 26.3 Å².